The Morgan fingerprint density at radius 2 is 1.62 bits per heavy atom. The summed E-state index contributed by atoms with van der Waals surface area (Å²) in [5.74, 6) is 0. The molecule has 4 heteroatoms. The molecule has 1 aromatic carbocycles. The van der Waals surface area contributed by atoms with E-state index in [0.717, 1.165) is 25.9 Å². The van der Waals surface area contributed by atoms with E-state index in [1.807, 2.05) is 6.92 Å². The van der Waals surface area contributed by atoms with E-state index in [1.165, 1.54) is 43.2 Å². The summed E-state index contributed by atoms with van der Waals surface area (Å²) >= 11 is 0. The van der Waals surface area contributed by atoms with E-state index in [4.69, 9.17) is 4.74 Å². The van der Waals surface area contributed by atoms with Gasteiger partial charge in [-0.05, 0) is 44.0 Å². The van der Waals surface area contributed by atoms with Gasteiger partial charge in [0, 0.05) is 13.0 Å². The fourth-order valence-corrected chi connectivity index (χ4v) is 2.73. The summed E-state index contributed by atoms with van der Waals surface area (Å²) in [6, 6.07) is 8.70. The molecule has 0 aliphatic carbocycles. The highest BCUT2D eigenvalue weighted by atomic mass is 35.5. The van der Waals surface area contributed by atoms with Crippen LogP contribution in [-0.4, -0.2) is 37.5 Å². The zero-order valence-corrected chi connectivity index (χ0v) is 16.2. The van der Waals surface area contributed by atoms with Crippen molar-refractivity contribution in [1.82, 2.24) is 5.32 Å². The normalized spacial score (nSPS) is 12.0. The first-order chi connectivity index (χ1) is 11.3. The lowest BCUT2D eigenvalue weighted by molar-refractivity contribution is 0.0207. The first-order valence-corrected chi connectivity index (χ1v) is 9.31. The minimum Gasteiger partial charge on any atom is -0.394 e. The molecule has 0 aromatic heterocycles. The van der Waals surface area contributed by atoms with Gasteiger partial charge in [-0.25, -0.2) is 0 Å². The van der Waals surface area contributed by atoms with E-state index < -0.39 is 0 Å². The Hall–Kier alpha value is -0.610. The summed E-state index contributed by atoms with van der Waals surface area (Å²) in [5.41, 5.74) is 2.59. The number of rotatable bonds is 14. The van der Waals surface area contributed by atoms with Crippen LogP contribution in [0.3, 0.4) is 0 Å². The zero-order chi connectivity index (χ0) is 16.8. The lowest BCUT2D eigenvalue weighted by atomic mass is 10.0. The molecule has 0 aliphatic heterocycles. The van der Waals surface area contributed by atoms with Gasteiger partial charge in [-0.15, -0.1) is 12.4 Å². The Balaban J connectivity index is 0.00000529. The number of ether oxygens (including phenoxy) is 1. The third-order valence-corrected chi connectivity index (χ3v) is 4.14. The molecule has 0 saturated carbocycles. The molecule has 1 aromatic rings. The molecule has 0 radical (unpaired) electrons. The van der Waals surface area contributed by atoms with Crippen LogP contribution in [0, 0.1) is 0 Å². The van der Waals surface area contributed by atoms with E-state index >= 15 is 0 Å². The predicted octanol–water partition coefficient (Wildman–Crippen LogP) is 4.15. The fraction of sp³-hybridized carbons (Fsp3) is 0.700. The van der Waals surface area contributed by atoms with Crippen molar-refractivity contribution in [3.05, 3.63) is 35.4 Å². The van der Waals surface area contributed by atoms with Crippen LogP contribution in [-0.2, 0) is 17.6 Å². The molecule has 0 bridgehead atoms. The number of aliphatic hydroxyl groups is 1. The number of benzene rings is 1. The van der Waals surface area contributed by atoms with Crippen molar-refractivity contribution in [2.24, 2.45) is 0 Å². The Morgan fingerprint density at radius 1 is 0.958 bits per heavy atom. The maximum absolute atomic E-state index is 9.27. The van der Waals surface area contributed by atoms with Crippen LogP contribution in [0.5, 0.6) is 0 Å². The second-order valence-corrected chi connectivity index (χ2v) is 6.19. The van der Waals surface area contributed by atoms with Gasteiger partial charge in [0.15, 0.2) is 0 Å². The van der Waals surface area contributed by atoms with E-state index in [0.29, 0.717) is 6.61 Å². The van der Waals surface area contributed by atoms with E-state index in [2.05, 4.69) is 36.5 Å². The smallest absolute Gasteiger partial charge is 0.0845 e. The van der Waals surface area contributed by atoms with Gasteiger partial charge in [0.2, 0.25) is 0 Å². The largest absolute Gasteiger partial charge is 0.394 e. The van der Waals surface area contributed by atoms with Crippen LogP contribution in [0.4, 0.5) is 0 Å². The highest BCUT2D eigenvalue weighted by Gasteiger charge is 2.07. The third-order valence-electron chi connectivity index (χ3n) is 4.14. The average Bonchev–Trinajstić information content (AvgIpc) is 2.58. The molecule has 0 fully saturated rings. The number of aliphatic hydroxyl groups excluding tert-OH is 1. The Morgan fingerprint density at radius 3 is 2.25 bits per heavy atom. The summed E-state index contributed by atoms with van der Waals surface area (Å²) in [5, 5.41) is 12.8. The van der Waals surface area contributed by atoms with E-state index in [1.54, 1.807) is 0 Å². The quantitative estimate of drug-likeness (QED) is 0.491. The van der Waals surface area contributed by atoms with Crippen molar-refractivity contribution < 1.29 is 9.84 Å². The van der Waals surface area contributed by atoms with Crippen LogP contribution < -0.4 is 5.32 Å². The zero-order valence-electron chi connectivity index (χ0n) is 15.4. The topological polar surface area (TPSA) is 41.5 Å². The van der Waals surface area contributed by atoms with Gasteiger partial charge in [0.05, 0.1) is 12.7 Å². The van der Waals surface area contributed by atoms with Crippen LogP contribution in [0.25, 0.3) is 0 Å². The SMILES string of the molecule is CCCCCCCNCCc1ccc(C[C@@H](CO)OCC)cc1.Cl. The van der Waals surface area contributed by atoms with Crippen molar-refractivity contribution >= 4 is 12.4 Å². The highest BCUT2D eigenvalue weighted by Crippen LogP contribution is 2.09. The molecular formula is C20H36ClNO2. The number of halogens is 1. The number of unbranched alkanes of at least 4 members (excludes halogenated alkanes) is 4. The standard InChI is InChI=1S/C20H35NO2.ClH/c1-3-5-6-7-8-14-21-15-13-18-9-11-19(12-10-18)16-20(17-22)23-4-2;/h9-12,20-22H,3-8,13-17H2,1-2H3;1H/t20-;/m0./s1. The summed E-state index contributed by atoms with van der Waals surface area (Å²) in [7, 11) is 0. The molecule has 0 aliphatic rings. The van der Waals surface area contributed by atoms with E-state index in [9.17, 15) is 5.11 Å². The first kappa shape index (κ1) is 23.4. The van der Waals surface area contributed by atoms with Crippen molar-refractivity contribution in [1.29, 1.82) is 0 Å². The molecule has 0 unspecified atom stereocenters. The van der Waals surface area contributed by atoms with Gasteiger partial charge in [0.25, 0.3) is 0 Å². The van der Waals surface area contributed by atoms with Gasteiger partial charge in [-0.3, -0.25) is 0 Å². The number of nitrogens with one attached hydrogen (secondary N) is 1. The lowest BCUT2D eigenvalue weighted by Gasteiger charge is -2.14. The van der Waals surface area contributed by atoms with Gasteiger partial charge >= 0.3 is 0 Å². The van der Waals surface area contributed by atoms with Crippen LogP contribution in [0.1, 0.15) is 57.1 Å². The van der Waals surface area contributed by atoms with Crippen LogP contribution >= 0.6 is 12.4 Å². The molecule has 1 atom stereocenters. The molecule has 2 N–H and O–H groups in total. The predicted molar refractivity (Wildman–Crippen MR) is 105 cm³/mol. The summed E-state index contributed by atoms with van der Waals surface area (Å²) < 4.78 is 5.49. The second-order valence-electron chi connectivity index (χ2n) is 6.19. The summed E-state index contributed by atoms with van der Waals surface area (Å²) in [6.07, 6.45) is 8.46. The average molecular weight is 358 g/mol. The molecule has 1 rings (SSSR count). The summed E-state index contributed by atoms with van der Waals surface area (Å²) in [6.45, 7) is 7.12. The minimum atomic E-state index is -0.0831. The minimum absolute atomic E-state index is 0. The lowest BCUT2D eigenvalue weighted by Crippen LogP contribution is -2.20. The summed E-state index contributed by atoms with van der Waals surface area (Å²) in [4.78, 5) is 0. The monoisotopic (exact) mass is 357 g/mol. The Labute approximate surface area is 154 Å². The molecule has 0 spiro atoms. The van der Waals surface area contributed by atoms with Crippen LogP contribution in [0.2, 0.25) is 0 Å². The van der Waals surface area contributed by atoms with Gasteiger partial charge in [-0.2, -0.15) is 0 Å². The number of hydrogen-bond donors (Lipinski definition) is 2. The van der Waals surface area contributed by atoms with Gasteiger partial charge in [-0.1, -0.05) is 56.9 Å². The van der Waals surface area contributed by atoms with Crippen LogP contribution in [0.15, 0.2) is 24.3 Å². The van der Waals surface area contributed by atoms with Crippen molar-refractivity contribution in [2.75, 3.05) is 26.3 Å². The molecule has 0 amide bonds. The molecule has 0 heterocycles. The van der Waals surface area contributed by atoms with Gasteiger partial charge < -0.3 is 15.2 Å². The maximum Gasteiger partial charge on any atom is 0.0845 e. The molecule has 0 saturated heterocycles. The Kier molecular flexibility index (Phi) is 15.5. The fourth-order valence-electron chi connectivity index (χ4n) is 2.73. The van der Waals surface area contributed by atoms with Crippen molar-refractivity contribution in [2.45, 2.75) is 64.9 Å². The maximum atomic E-state index is 9.27. The number of hydrogen-bond acceptors (Lipinski definition) is 3. The molecule has 24 heavy (non-hydrogen) atoms. The molecular weight excluding hydrogens is 322 g/mol. The molecule has 3 nitrogen and oxygen atoms in total. The first-order valence-electron chi connectivity index (χ1n) is 9.31. The second kappa shape index (κ2) is 15.9. The third kappa shape index (κ3) is 11.0. The Bertz CT molecular complexity index is 384. The van der Waals surface area contributed by atoms with E-state index in [-0.39, 0.29) is 25.1 Å². The highest BCUT2D eigenvalue weighted by molar-refractivity contribution is 5.85. The molecule has 140 valence electrons. The van der Waals surface area contributed by atoms with Crippen molar-refractivity contribution in [3.63, 3.8) is 0 Å². The van der Waals surface area contributed by atoms with Crippen molar-refractivity contribution in [3.8, 4) is 0 Å². The van der Waals surface area contributed by atoms with Gasteiger partial charge in [0.1, 0.15) is 0 Å².